The van der Waals surface area contributed by atoms with Crippen LogP contribution in [0, 0.1) is 11.8 Å². The van der Waals surface area contributed by atoms with Crippen molar-refractivity contribution < 1.29 is 118 Å². The van der Waals surface area contributed by atoms with Crippen LogP contribution in [0.4, 0.5) is 0 Å². The number of phenols is 3. The molecule has 7 aliphatic heterocycles. The summed E-state index contributed by atoms with van der Waals surface area (Å²) in [6.07, 6.45) is -18.0. The van der Waals surface area contributed by atoms with Gasteiger partial charge < -0.3 is 133 Å². The lowest BCUT2D eigenvalue weighted by molar-refractivity contribution is -0.340. The van der Waals surface area contributed by atoms with Crippen molar-refractivity contribution in [2.75, 3.05) is 26.8 Å². The number of carbonyl (C=O) groups excluding carboxylic acids is 7. The monoisotopic (exact) mass is 1570 g/mol. The summed E-state index contributed by atoms with van der Waals surface area (Å²) in [4.78, 5) is 117. The highest BCUT2D eigenvalue weighted by Gasteiger charge is 2.53. The minimum Gasteiger partial charge on any atom is -0.508 e. The Bertz CT molecular complexity index is 4490. The summed E-state index contributed by atoms with van der Waals surface area (Å²) in [7, 11) is 1.47. The second-order valence-corrected chi connectivity index (χ2v) is 28.7. The van der Waals surface area contributed by atoms with E-state index in [1.54, 1.807) is 6.92 Å². The molecule has 18 atom stereocenters. The topological polar surface area (TPSA) is 543 Å². The summed E-state index contributed by atoms with van der Waals surface area (Å²) in [5.74, 6) is -16.9. The number of nitrogens with two attached hydrogens (primary N) is 2. The highest BCUT2D eigenvalue weighted by molar-refractivity contribution is 6.32. The van der Waals surface area contributed by atoms with E-state index < -0.39 is 237 Å². The maximum Gasteiger partial charge on any atom is 0.330 e. The molecule has 2 saturated heterocycles. The van der Waals surface area contributed by atoms with Gasteiger partial charge in [0.25, 0.3) is 0 Å². The average Bonchev–Trinajstić information content (AvgIpc) is 0.767. The van der Waals surface area contributed by atoms with Gasteiger partial charge in [0, 0.05) is 40.8 Å². The highest BCUT2D eigenvalue weighted by atomic mass is 35.5. The van der Waals surface area contributed by atoms with Crippen LogP contribution in [-0.2, 0) is 59.1 Å². The largest absolute Gasteiger partial charge is 0.508 e. The molecule has 2 fully saturated rings. The van der Waals surface area contributed by atoms with Crippen molar-refractivity contribution in [2.24, 2.45) is 23.3 Å². The van der Waals surface area contributed by atoms with E-state index >= 15 is 14.4 Å². The molecule has 34 nitrogen and oxygen atoms in total. The molecule has 6 aromatic rings. The number of halogens is 2. The molecular formula is C74H84Cl2N10O24. The van der Waals surface area contributed by atoms with Crippen LogP contribution in [0.1, 0.15) is 104 Å². The number of hydrogen-bond acceptors (Lipinski definition) is 26. The summed E-state index contributed by atoms with van der Waals surface area (Å²) < 4.78 is 38.8. The van der Waals surface area contributed by atoms with E-state index in [0.29, 0.717) is 13.1 Å². The van der Waals surface area contributed by atoms with E-state index in [0.717, 1.165) is 72.3 Å². The third-order valence-electron chi connectivity index (χ3n) is 19.8. The molecule has 0 saturated carbocycles. The fraction of sp³-hybridized carbons (Fsp3) is 0.405. The number of aliphatic carboxylic acids is 1. The number of primary amides is 1. The van der Waals surface area contributed by atoms with Gasteiger partial charge in [0.1, 0.15) is 95.6 Å². The summed E-state index contributed by atoms with van der Waals surface area (Å²) in [6, 6.07) is 8.79. The van der Waals surface area contributed by atoms with Crippen LogP contribution in [-0.4, -0.2) is 198 Å². The fourth-order valence-corrected chi connectivity index (χ4v) is 14.1. The lowest BCUT2D eigenvalue weighted by Gasteiger charge is -2.48. The molecule has 110 heavy (non-hydrogen) atoms. The molecule has 7 heterocycles. The Morgan fingerprint density at radius 2 is 1.32 bits per heavy atom. The van der Waals surface area contributed by atoms with Gasteiger partial charge in [-0.15, -0.1) is 0 Å². The van der Waals surface area contributed by atoms with Crippen LogP contribution in [0.2, 0.25) is 10.0 Å². The van der Waals surface area contributed by atoms with Gasteiger partial charge in [-0.05, 0) is 115 Å². The van der Waals surface area contributed by atoms with Crippen molar-refractivity contribution in [1.82, 2.24) is 42.5 Å². The maximum absolute atomic E-state index is 16.1. The number of carboxylic acid groups (broad SMARTS) is 1. The average molecular weight is 1570 g/mol. The molecule has 13 rings (SSSR count). The van der Waals surface area contributed by atoms with Gasteiger partial charge in [0.2, 0.25) is 53.4 Å². The molecule has 0 aliphatic carbocycles. The molecule has 6 aromatic carbocycles. The Kier molecular flexibility index (Phi) is 25.1. The van der Waals surface area contributed by atoms with Gasteiger partial charge in [-0.3, -0.25) is 33.6 Å². The first-order chi connectivity index (χ1) is 52.3. The molecule has 0 spiro atoms. The van der Waals surface area contributed by atoms with Gasteiger partial charge in [-0.25, -0.2) is 4.79 Å². The standard InChI is InChI=1S/C74H84Cl2N10O24/c1-30(2)18-42(79-4)65(97)85-56-59(93)34-11-14-46(40(75)20-34)106-48-22-36-23-49(63(48)109-73-64(62(96)61(95)50(28-87)108-73)110-72-58(92)31(3)74(78,29-105-72)16-17-80-27-32-8-6-5-7-9-32)107-47-15-12-35(21-41(47)76)60(94)57-70(102)84-55(71(103)104)39-24-37(88)25-45(90)52(39)38-19-33(10-13-44(38)89)53(67(99)86-57)83-68(100)54(36)82-66(98)43(26-51(77)91)81-69(56)101/h5-15,19-25,30-31,42-43,50,53-62,64,72-73,79-80,87-90,92-96H,16-18,26-29,78H2,1-4H3,(H2,77,91)(H,81,101)(H,82,98)(H,83,100)(H,84,102)(H,85,97)(H,86,99)(H,103,104)/t31?,42-,43+,50?,53?,54-,55+,56?,57+,58?,59-,60-,61?,62?,64?,72?,73?,74?/m1/s1. The van der Waals surface area contributed by atoms with Crippen LogP contribution in [0.5, 0.6) is 46.0 Å². The minimum absolute atomic E-state index is 0.105. The quantitative estimate of drug-likeness (QED) is 0.0536. The number of aliphatic hydroxyl groups is 6. The molecule has 11 bridgehead atoms. The van der Waals surface area contributed by atoms with E-state index in [4.69, 9.17) is 63.1 Å². The molecule has 0 radical (unpaired) electrons. The number of ether oxygens (including phenoxy) is 6. The van der Waals surface area contributed by atoms with E-state index in [-0.39, 0.29) is 52.8 Å². The highest BCUT2D eigenvalue weighted by Crippen LogP contribution is 2.50. The number of amides is 7. The molecule has 11 unspecified atom stereocenters. The number of likely N-dealkylation sites (N-methyl/N-ethyl adjacent to an activating group) is 1. The molecule has 0 aromatic heterocycles. The zero-order valence-corrected chi connectivity index (χ0v) is 60.8. The van der Waals surface area contributed by atoms with E-state index in [1.165, 1.54) is 19.2 Å². The smallest absolute Gasteiger partial charge is 0.330 e. The first-order valence-corrected chi connectivity index (χ1v) is 35.7. The Morgan fingerprint density at radius 3 is 1.94 bits per heavy atom. The van der Waals surface area contributed by atoms with Crippen LogP contribution < -0.4 is 68.2 Å². The molecular weight excluding hydrogens is 1480 g/mol. The van der Waals surface area contributed by atoms with Crippen molar-refractivity contribution in [2.45, 2.75) is 150 Å². The summed E-state index contributed by atoms with van der Waals surface area (Å²) in [5.41, 5.74) is 9.65. The number of nitrogens with one attached hydrogen (secondary N) is 8. The van der Waals surface area contributed by atoms with Gasteiger partial charge in [0.15, 0.2) is 29.9 Å². The third kappa shape index (κ3) is 17.6. The van der Waals surface area contributed by atoms with Gasteiger partial charge in [0.05, 0.1) is 35.7 Å². The Balaban J connectivity index is 1.11. The maximum atomic E-state index is 16.1. The van der Waals surface area contributed by atoms with Gasteiger partial charge in [-0.2, -0.15) is 0 Å². The number of fused-ring (bicyclic) bond motifs is 15. The first-order valence-electron chi connectivity index (χ1n) is 34.9. The van der Waals surface area contributed by atoms with Gasteiger partial charge in [-0.1, -0.05) is 92.5 Å². The first kappa shape index (κ1) is 81.0. The van der Waals surface area contributed by atoms with Crippen molar-refractivity contribution in [1.29, 1.82) is 0 Å². The predicted octanol–water partition coefficient (Wildman–Crippen LogP) is 1.12. The number of phenolic OH excluding ortho intramolecular Hbond substituents is 3. The number of aromatic hydroxyl groups is 3. The second-order valence-electron chi connectivity index (χ2n) is 27.9. The van der Waals surface area contributed by atoms with Gasteiger partial charge >= 0.3 is 5.97 Å². The Morgan fingerprint density at radius 1 is 0.691 bits per heavy atom. The van der Waals surface area contributed by atoms with Crippen LogP contribution in [0.3, 0.4) is 0 Å². The SMILES string of the molecule is CN[C@H](CC(C)C)C(=O)NC1C(=O)N[C@@H](CC(N)=O)C(=O)N[C@H]2C(=O)NC3C(=O)N[C@H](C(=O)N[C@H](C(=O)O)c4cc(O)cc(O)c4-c4cc3ccc4O)[C@H](O)c3ccc(c(Cl)c3)Oc3cc2cc(c3OC2OC(CO)C(O)C(O)C2OC2OCC(N)(CCNCc3ccccc3)C(C)C2O)Oc2ccc(cc2Cl)[C@H]1O. The number of carbonyl (C=O) groups is 8. The number of benzene rings is 6. The molecule has 7 aliphatic rings. The summed E-state index contributed by atoms with van der Waals surface area (Å²) in [6.45, 7) is 4.94. The number of aliphatic hydroxyl groups excluding tert-OH is 6. The molecule has 588 valence electrons. The van der Waals surface area contributed by atoms with E-state index in [9.17, 15) is 75.0 Å². The summed E-state index contributed by atoms with van der Waals surface area (Å²) >= 11 is 14.2. The third-order valence-corrected chi connectivity index (χ3v) is 20.4. The molecule has 7 amide bonds. The number of carboxylic acids is 1. The van der Waals surface area contributed by atoms with Crippen molar-refractivity contribution >= 4 is 70.5 Å². The minimum atomic E-state index is -2.36. The molecule has 22 N–H and O–H groups in total. The summed E-state index contributed by atoms with van der Waals surface area (Å²) in [5, 5.41) is 136. The van der Waals surface area contributed by atoms with Crippen LogP contribution in [0.25, 0.3) is 11.1 Å². The van der Waals surface area contributed by atoms with Crippen molar-refractivity contribution in [3.05, 3.63) is 153 Å². The van der Waals surface area contributed by atoms with Crippen molar-refractivity contribution in [3.8, 4) is 57.1 Å². The van der Waals surface area contributed by atoms with Crippen molar-refractivity contribution in [3.63, 3.8) is 0 Å². The number of hydrogen-bond donors (Lipinski definition) is 20. The Labute approximate surface area is 637 Å². The normalized spacial score (nSPS) is 28.0. The van der Waals surface area contributed by atoms with E-state index in [2.05, 4.69) is 42.5 Å². The second kappa shape index (κ2) is 34.1. The van der Waals surface area contributed by atoms with Crippen LogP contribution in [0.15, 0.2) is 109 Å². The predicted molar refractivity (Wildman–Crippen MR) is 386 cm³/mol. The van der Waals surface area contributed by atoms with E-state index in [1.807, 2.05) is 44.2 Å². The number of rotatable bonds is 18. The van der Waals surface area contributed by atoms with Crippen LogP contribution >= 0.6 is 23.2 Å². The lowest BCUT2D eigenvalue weighted by atomic mass is 9.78. The molecule has 36 heteroatoms. The lowest BCUT2D eigenvalue weighted by Crippen LogP contribution is -2.66. The zero-order valence-electron chi connectivity index (χ0n) is 59.3. The Hall–Kier alpha value is -10.0. The zero-order chi connectivity index (χ0) is 79.5. The fourth-order valence-electron chi connectivity index (χ4n) is 13.6.